The lowest BCUT2D eigenvalue weighted by Crippen LogP contribution is -2.01. The van der Waals surface area contributed by atoms with Crippen molar-refractivity contribution in [3.63, 3.8) is 0 Å². The van der Waals surface area contributed by atoms with Crippen LogP contribution in [0.5, 0.6) is 17.2 Å². The van der Waals surface area contributed by atoms with Crippen molar-refractivity contribution in [3.05, 3.63) is 82.1 Å². The van der Waals surface area contributed by atoms with E-state index in [-0.39, 0.29) is 11.5 Å². The number of halogens is 1. The van der Waals surface area contributed by atoms with Gasteiger partial charge in [0.2, 0.25) is 16.5 Å². The maximum absolute atomic E-state index is 13.2. The van der Waals surface area contributed by atoms with Crippen LogP contribution >= 0.6 is 22.9 Å². The van der Waals surface area contributed by atoms with Gasteiger partial charge in [0.1, 0.15) is 10.7 Å². The molecule has 0 bridgehead atoms. The number of fused-ring (bicyclic) bond motifs is 1. The summed E-state index contributed by atoms with van der Waals surface area (Å²) >= 11 is 7.55. The summed E-state index contributed by atoms with van der Waals surface area (Å²) in [4.78, 5) is 23.3. The molecule has 192 valence electrons. The fraction of sp³-hybridized carbons (Fsp3) is 0.143. The number of aryl methyl sites for hydroxylation is 1. The first-order valence-corrected chi connectivity index (χ1v) is 12.7. The zero-order valence-corrected chi connectivity index (χ0v) is 22.6. The summed E-state index contributed by atoms with van der Waals surface area (Å²) in [5, 5.41) is 6.07. The van der Waals surface area contributed by atoms with Crippen LogP contribution in [0.15, 0.2) is 60.7 Å². The zero-order valence-electron chi connectivity index (χ0n) is 21.1. The number of rotatable bonds is 8. The molecule has 0 aliphatic carbocycles. The largest absolute Gasteiger partial charge is 0.493 e. The van der Waals surface area contributed by atoms with Gasteiger partial charge in [0.15, 0.2) is 11.5 Å². The van der Waals surface area contributed by atoms with Crippen LogP contribution in [0.25, 0.3) is 33.6 Å². The Labute approximate surface area is 228 Å². The Balaban J connectivity index is 1.50. The molecule has 5 rings (SSSR count). The van der Waals surface area contributed by atoms with Crippen molar-refractivity contribution >= 4 is 39.8 Å². The second kappa shape index (κ2) is 10.6. The normalized spacial score (nSPS) is 11.3. The van der Waals surface area contributed by atoms with E-state index in [2.05, 4.69) is 10.1 Å². The van der Waals surface area contributed by atoms with Crippen LogP contribution in [-0.2, 0) is 0 Å². The van der Waals surface area contributed by atoms with E-state index in [0.29, 0.717) is 39.4 Å². The van der Waals surface area contributed by atoms with Crippen LogP contribution < -0.4 is 14.2 Å². The van der Waals surface area contributed by atoms with Gasteiger partial charge in [-0.15, -0.1) is 0 Å². The molecule has 3 heterocycles. The van der Waals surface area contributed by atoms with Crippen molar-refractivity contribution in [1.29, 1.82) is 0 Å². The molecule has 10 heteroatoms. The third-order valence-corrected chi connectivity index (χ3v) is 6.89. The summed E-state index contributed by atoms with van der Waals surface area (Å²) in [6, 6.07) is 16.3. The number of benzene rings is 2. The van der Waals surface area contributed by atoms with Crippen LogP contribution in [0.3, 0.4) is 0 Å². The van der Waals surface area contributed by atoms with Crippen molar-refractivity contribution in [1.82, 2.24) is 19.6 Å². The number of nitrogens with zero attached hydrogens (tertiary/aromatic N) is 4. The van der Waals surface area contributed by atoms with Crippen molar-refractivity contribution in [2.24, 2.45) is 0 Å². The van der Waals surface area contributed by atoms with Crippen LogP contribution in [0, 0.1) is 6.92 Å². The lowest BCUT2D eigenvalue weighted by atomic mass is 10.1. The third kappa shape index (κ3) is 4.85. The maximum atomic E-state index is 13.2. The van der Waals surface area contributed by atoms with Gasteiger partial charge in [0.05, 0.1) is 38.4 Å². The highest BCUT2D eigenvalue weighted by molar-refractivity contribution is 7.16. The SMILES string of the molecule is COc1cc(-c2cccc(C(=O)/C=C/c3c(-c4ccc(Cl)cc4)nc4sc(C)nn34)n2)cc(OC)c1OC. The predicted molar refractivity (Wildman–Crippen MR) is 149 cm³/mol. The Kier molecular flexibility index (Phi) is 7.13. The van der Waals surface area contributed by atoms with Gasteiger partial charge in [-0.3, -0.25) is 4.79 Å². The Hall–Kier alpha value is -4.21. The van der Waals surface area contributed by atoms with E-state index in [4.69, 9.17) is 30.8 Å². The van der Waals surface area contributed by atoms with Gasteiger partial charge in [-0.25, -0.2) is 14.5 Å². The second-order valence-electron chi connectivity index (χ2n) is 8.19. The first-order chi connectivity index (χ1) is 18.4. The van der Waals surface area contributed by atoms with Crippen molar-refractivity contribution in [2.75, 3.05) is 21.3 Å². The van der Waals surface area contributed by atoms with E-state index in [9.17, 15) is 4.79 Å². The van der Waals surface area contributed by atoms with E-state index in [0.717, 1.165) is 21.1 Å². The van der Waals surface area contributed by atoms with Crippen molar-refractivity contribution < 1.29 is 19.0 Å². The zero-order chi connectivity index (χ0) is 26.8. The number of imidazole rings is 1. The molecule has 2 aromatic carbocycles. The summed E-state index contributed by atoms with van der Waals surface area (Å²) in [6.07, 6.45) is 3.21. The standard InChI is InChI=1S/C28H23ClN4O4S/c1-16-32-33-22(26(31-28(33)38-16)17-8-10-19(29)11-9-17)12-13-23(34)21-7-5-6-20(30-21)18-14-24(35-2)27(37-4)25(15-18)36-3/h5-15H,1-4H3/b13-12+. The number of methoxy groups -OCH3 is 3. The third-order valence-electron chi connectivity index (χ3n) is 5.81. The molecule has 0 unspecified atom stereocenters. The molecule has 0 atom stereocenters. The number of ketones is 1. The molecule has 38 heavy (non-hydrogen) atoms. The van der Waals surface area contributed by atoms with Crippen LogP contribution in [0.4, 0.5) is 0 Å². The summed E-state index contributed by atoms with van der Waals surface area (Å²) in [7, 11) is 4.65. The first-order valence-electron chi connectivity index (χ1n) is 11.5. The van der Waals surface area contributed by atoms with Crippen LogP contribution in [-0.4, -0.2) is 46.7 Å². The monoisotopic (exact) mass is 546 g/mol. The molecule has 0 fully saturated rings. The van der Waals surface area contributed by atoms with Crippen LogP contribution in [0.2, 0.25) is 5.02 Å². The molecule has 0 aliphatic heterocycles. The minimum Gasteiger partial charge on any atom is -0.493 e. The van der Waals surface area contributed by atoms with Crippen LogP contribution in [0.1, 0.15) is 21.2 Å². The molecule has 0 amide bonds. The van der Waals surface area contributed by atoms with Gasteiger partial charge in [-0.1, -0.05) is 41.1 Å². The average Bonchev–Trinajstić information content (AvgIpc) is 3.47. The molecule has 3 aromatic heterocycles. The minimum absolute atomic E-state index is 0.261. The first kappa shape index (κ1) is 25.4. The van der Waals surface area contributed by atoms with Gasteiger partial charge in [-0.2, -0.15) is 5.10 Å². The molecule has 0 N–H and O–H groups in total. The number of hydrogen-bond donors (Lipinski definition) is 0. The molecular weight excluding hydrogens is 524 g/mol. The molecule has 8 nitrogen and oxygen atoms in total. The van der Waals surface area contributed by atoms with Gasteiger partial charge >= 0.3 is 0 Å². The van der Waals surface area contributed by atoms with E-state index in [1.165, 1.54) is 17.4 Å². The predicted octanol–water partition coefficient (Wildman–Crippen LogP) is 6.40. The van der Waals surface area contributed by atoms with Gasteiger partial charge < -0.3 is 14.2 Å². The Bertz CT molecular complexity index is 1650. The molecule has 0 radical (unpaired) electrons. The fourth-order valence-corrected chi connectivity index (χ4v) is 4.91. The second-order valence-corrected chi connectivity index (χ2v) is 9.78. The average molecular weight is 547 g/mol. The van der Waals surface area contributed by atoms with E-state index in [1.54, 1.807) is 68.3 Å². The molecule has 0 aliphatic rings. The lowest BCUT2D eigenvalue weighted by molar-refractivity contribution is 0.104. The van der Waals surface area contributed by atoms with Crippen molar-refractivity contribution in [2.45, 2.75) is 6.92 Å². The van der Waals surface area contributed by atoms with E-state index in [1.807, 2.05) is 25.1 Å². The van der Waals surface area contributed by atoms with Gasteiger partial charge in [0.25, 0.3) is 0 Å². The minimum atomic E-state index is -0.261. The highest BCUT2D eigenvalue weighted by Crippen LogP contribution is 2.40. The maximum Gasteiger partial charge on any atom is 0.213 e. The summed E-state index contributed by atoms with van der Waals surface area (Å²) in [5.74, 6) is 1.22. The number of hydrogen-bond acceptors (Lipinski definition) is 8. The Morgan fingerprint density at radius 3 is 2.32 bits per heavy atom. The molecule has 0 saturated heterocycles. The summed E-state index contributed by atoms with van der Waals surface area (Å²) in [6.45, 7) is 1.92. The summed E-state index contributed by atoms with van der Waals surface area (Å²) < 4.78 is 18.1. The Morgan fingerprint density at radius 2 is 1.66 bits per heavy atom. The quantitative estimate of drug-likeness (QED) is 0.164. The van der Waals surface area contributed by atoms with E-state index >= 15 is 0 Å². The number of aromatic nitrogens is 4. The molecular formula is C28H23ClN4O4S. The summed E-state index contributed by atoms with van der Waals surface area (Å²) in [5.41, 5.74) is 3.88. The highest BCUT2D eigenvalue weighted by atomic mass is 35.5. The van der Waals surface area contributed by atoms with Gasteiger partial charge in [0, 0.05) is 16.1 Å². The number of carbonyl (C=O) groups excluding carboxylic acids is 1. The topological polar surface area (TPSA) is 87.8 Å². The molecule has 5 aromatic rings. The smallest absolute Gasteiger partial charge is 0.213 e. The fourth-order valence-electron chi connectivity index (χ4n) is 4.03. The molecule has 0 spiro atoms. The van der Waals surface area contributed by atoms with Gasteiger partial charge in [-0.05, 0) is 55.5 Å². The molecule has 0 saturated carbocycles. The number of allylic oxidation sites excluding steroid dienone is 1. The number of carbonyl (C=O) groups is 1. The van der Waals surface area contributed by atoms with E-state index < -0.39 is 0 Å². The lowest BCUT2D eigenvalue weighted by Gasteiger charge is -2.14. The highest BCUT2D eigenvalue weighted by Gasteiger charge is 2.18. The van der Waals surface area contributed by atoms with Crippen molar-refractivity contribution in [3.8, 4) is 39.8 Å². The Morgan fingerprint density at radius 1 is 0.947 bits per heavy atom. The number of ether oxygens (including phenoxy) is 3. The number of pyridine rings is 1.